The lowest BCUT2D eigenvalue weighted by Crippen LogP contribution is -2.25. The maximum Gasteiger partial charge on any atom is 0.303 e. The fourth-order valence-electron chi connectivity index (χ4n) is 2.90. The van der Waals surface area contributed by atoms with Crippen molar-refractivity contribution in [1.29, 1.82) is 0 Å². The van der Waals surface area contributed by atoms with Crippen molar-refractivity contribution < 1.29 is 30.0 Å². The molecule has 24 heavy (non-hydrogen) atoms. The van der Waals surface area contributed by atoms with Crippen molar-refractivity contribution in [2.45, 2.75) is 95.2 Å². The van der Waals surface area contributed by atoms with Crippen molar-refractivity contribution in [2.24, 2.45) is 0 Å². The Hall–Kier alpha value is -0.950. The average Bonchev–Trinajstić information content (AvgIpc) is 2.92. The van der Waals surface area contributed by atoms with E-state index in [1.54, 1.807) is 12.2 Å². The number of aliphatic hydroxyl groups is 3. The molecule has 6 heteroatoms. The molecule has 1 fully saturated rings. The van der Waals surface area contributed by atoms with Crippen LogP contribution in [0.1, 0.15) is 64.7 Å². The van der Waals surface area contributed by atoms with Gasteiger partial charge in [0.05, 0.1) is 24.4 Å². The fourth-order valence-corrected chi connectivity index (χ4v) is 2.90. The Morgan fingerprint density at radius 2 is 1.88 bits per heavy atom. The Morgan fingerprint density at radius 1 is 1.21 bits per heavy atom. The van der Waals surface area contributed by atoms with E-state index in [4.69, 9.17) is 9.84 Å². The molecular formula is C18H32O6. The summed E-state index contributed by atoms with van der Waals surface area (Å²) < 4.78 is 5.62. The van der Waals surface area contributed by atoms with Crippen molar-refractivity contribution >= 4 is 5.97 Å². The summed E-state index contributed by atoms with van der Waals surface area (Å²) in [6.07, 6.45) is 7.04. The molecule has 0 unspecified atom stereocenters. The van der Waals surface area contributed by atoms with E-state index in [1.165, 1.54) is 0 Å². The second-order valence-corrected chi connectivity index (χ2v) is 6.57. The summed E-state index contributed by atoms with van der Waals surface area (Å²) in [7, 11) is 0. The number of aliphatic carboxylic acids is 1. The minimum Gasteiger partial charge on any atom is -0.481 e. The molecule has 0 aromatic heterocycles. The molecule has 1 heterocycles. The minimum absolute atomic E-state index is 0.225. The quantitative estimate of drug-likeness (QED) is 0.319. The van der Waals surface area contributed by atoms with E-state index in [-0.39, 0.29) is 12.5 Å². The van der Waals surface area contributed by atoms with Crippen molar-refractivity contribution in [3.63, 3.8) is 0 Å². The summed E-state index contributed by atoms with van der Waals surface area (Å²) >= 11 is 0. The Kier molecular flexibility index (Phi) is 10.2. The summed E-state index contributed by atoms with van der Waals surface area (Å²) in [5.41, 5.74) is 0. The summed E-state index contributed by atoms with van der Waals surface area (Å²) in [6.45, 7) is 1.87. The van der Waals surface area contributed by atoms with Crippen LogP contribution in [0, 0.1) is 0 Å². The van der Waals surface area contributed by atoms with Gasteiger partial charge in [0.1, 0.15) is 6.10 Å². The maximum atomic E-state index is 10.4. The zero-order chi connectivity index (χ0) is 17.9. The molecule has 6 nitrogen and oxygen atoms in total. The lowest BCUT2D eigenvalue weighted by molar-refractivity contribution is -0.137. The van der Waals surface area contributed by atoms with Gasteiger partial charge in [0, 0.05) is 12.8 Å². The van der Waals surface area contributed by atoms with Crippen LogP contribution in [0.15, 0.2) is 12.2 Å². The predicted octanol–water partition coefficient (Wildman–Crippen LogP) is 2.01. The van der Waals surface area contributed by atoms with Gasteiger partial charge in [0.15, 0.2) is 0 Å². The SMILES string of the molecule is CC[C@@H](O)[C@H]1C[C@H](O)[C@@H](/C=C/[C@@H](O)CCCCCCCC(=O)O)O1. The molecule has 0 radical (unpaired) electrons. The molecule has 1 aliphatic rings. The van der Waals surface area contributed by atoms with Crippen LogP contribution in [0.25, 0.3) is 0 Å². The van der Waals surface area contributed by atoms with Crippen LogP contribution in [0.3, 0.4) is 0 Å². The first-order valence-corrected chi connectivity index (χ1v) is 9.03. The molecule has 0 amide bonds. The normalized spacial score (nSPS) is 26.8. The van der Waals surface area contributed by atoms with E-state index in [0.29, 0.717) is 25.7 Å². The highest BCUT2D eigenvalue weighted by Gasteiger charge is 2.35. The van der Waals surface area contributed by atoms with Gasteiger partial charge in [-0.05, 0) is 19.3 Å². The average molecular weight is 344 g/mol. The molecule has 0 spiro atoms. The second kappa shape index (κ2) is 11.6. The standard InChI is InChI=1S/C18H32O6/c1-2-14(20)17-12-15(21)16(24-17)11-10-13(19)8-6-4-3-5-7-9-18(22)23/h10-11,13-17,19-21H,2-9,12H2,1H3,(H,22,23)/b11-10+/t13-,14+,15-,16+,17+/m0/s1. The number of ether oxygens (including phenoxy) is 1. The van der Waals surface area contributed by atoms with E-state index >= 15 is 0 Å². The molecular weight excluding hydrogens is 312 g/mol. The number of unbranched alkanes of at least 4 members (excludes halogenated alkanes) is 4. The first-order chi connectivity index (χ1) is 11.4. The van der Waals surface area contributed by atoms with Gasteiger partial charge in [0.2, 0.25) is 0 Å². The molecule has 5 atom stereocenters. The van der Waals surface area contributed by atoms with Gasteiger partial charge >= 0.3 is 5.97 Å². The van der Waals surface area contributed by atoms with Crippen molar-refractivity contribution in [2.75, 3.05) is 0 Å². The minimum atomic E-state index is -0.749. The summed E-state index contributed by atoms with van der Waals surface area (Å²) in [5.74, 6) is -0.749. The molecule has 4 N–H and O–H groups in total. The third-order valence-corrected chi connectivity index (χ3v) is 4.45. The number of hydrogen-bond acceptors (Lipinski definition) is 5. The molecule has 1 saturated heterocycles. The third kappa shape index (κ3) is 8.24. The van der Waals surface area contributed by atoms with Crippen LogP contribution in [0.5, 0.6) is 0 Å². The van der Waals surface area contributed by atoms with Crippen molar-refractivity contribution in [3.05, 3.63) is 12.2 Å². The molecule has 0 aliphatic carbocycles. The van der Waals surface area contributed by atoms with Gasteiger partial charge in [-0.15, -0.1) is 0 Å². The summed E-state index contributed by atoms with van der Waals surface area (Å²) in [6, 6.07) is 0. The monoisotopic (exact) mass is 344 g/mol. The van der Waals surface area contributed by atoms with Gasteiger partial charge in [0.25, 0.3) is 0 Å². The first kappa shape index (κ1) is 21.1. The number of rotatable bonds is 12. The Bertz CT molecular complexity index is 384. The summed E-state index contributed by atoms with van der Waals surface area (Å²) in [4.78, 5) is 10.4. The van der Waals surface area contributed by atoms with E-state index in [9.17, 15) is 20.1 Å². The largest absolute Gasteiger partial charge is 0.481 e. The summed E-state index contributed by atoms with van der Waals surface area (Å²) in [5, 5.41) is 38.2. The Labute approximate surface area is 144 Å². The zero-order valence-corrected chi connectivity index (χ0v) is 14.5. The number of hydrogen-bond donors (Lipinski definition) is 4. The molecule has 1 rings (SSSR count). The van der Waals surface area contributed by atoms with Crippen molar-refractivity contribution in [3.8, 4) is 0 Å². The number of aliphatic hydroxyl groups excluding tert-OH is 3. The maximum absolute atomic E-state index is 10.4. The lowest BCUT2D eigenvalue weighted by atomic mass is 10.0. The van der Waals surface area contributed by atoms with Crippen LogP contribution in [-0.4, -0.2) is 56.9 Å². The Morgan fingerprint density at radius 3 is 2.54 bits per heavy atom. The predicted molar refractivity (Wildman–Crippen MR) is 90.7 cm³/mol. The van der Waals surface area contributed by atoms with E-state index < -0.39 is 30.4 Å². The third-order valence-electron chi connectivity index (χ3n) is 4.45. The fraction of sp³-hybridized carbons (Fsp3) is 0.833. The second-order valence-electron chi connectivity index (χ2n) is 6.57. The first-order valence-electron chi connectivity index (χ1n) is 9.03. The van der Waals surface area contributed by atoms with Gasteiger partial charge in [-0.25, -0.2) is 0 Å². The topological polar surface area (TPSA) is 107 Å². The van der Waals surface area contributed by atoms with E-state index in [1.807, 2.05) is 6.92 Å². The number of carboxylic acid groups (broad SMARTS) is 1. The molecule has 0 bridgehead atoms. The molecule has 1 aliphatic heterocycles. The van der Waals surface area contributed by atoms with Crippen LogP contribution in [-0.2, 0) is 9.53 Å². The molecule has 140 valence electrons. The van der Waals surface area contributed by atoms with Crippen molar-refractivity contribution in [1.82, 2.24) is 0 Å². The highest BCUT2D eigenvalue weighted by atomic mass is 16.5. The van der Waals surface area contributed by atoms with Gasteiger partial charge in [-0.1, -0.05) is 44.8 Å². The van der Waals surface area contributed by atoms with Gasteiger partial charge < -0.3 is 25.2 Å². The van der Waals surface area contributed by atoms with Crippen LogP contribution in [0.2, 0.25) is 0 Å². The zero-order valence-electron chi connectivity index (χ0n) is 14.5. The van der Waals surface area contributed by atoms with Gasteiger partial charge in [-0.2, -0.15) is 0 Å². The van der Waals surface area contributed by atoms with Crippen LogP contribution in [0.4, 0.5) is 0 Å². The molecule has 0 saturated carbocycles. The van der Waals surface area contributed by atoms with E-state index in [2.05, 4.69) is 0 Å². The number of carboxylic acids is 1. The Balaban J connectivity index is 2.15. The van der Waals surface area contributed by atoms with Gasteiger partial charge in [-0.3, -0.25) is 4.79 Å². The van der Waals surface area contributed by atoms with E-state index in [0.717, 1.165) is 25.7 Å². The molecule has 0 aromatic rings. The lowest BCUT2D eigenvalue weighted by Gasteiger charge is -2.16. The highest BCUT2D eigenvalue weighted by molar-refractivity contribution is 5.66. The highest BCUT2D eigenvalue weighted by Crippen LogP contribution is 2.25. The molecule has 0 aromatic carbocycles. The van der Waals surface area contributed by atoms with Crippen LogP contribution < -0.4 is 0 Å². The smallest absolute Gasteiger partial charge is 0.303 e. The number of carbonyl (C=O) groups is 1. The van der Waals surface area contributed by atoms with Crippen LogP contribution >= 0.6 is 0 Å².